The van der Waals surface area contributed by atoms with Gasteiger partial charge < -0.3 is 10.6 Å². The molecule has 1 heterocycles. The Morgan fingerprint density at radius 2 is 1.89 bits per heavy atom. The molecule has 5 heteroatoms. The van der Waals surface area contributed by atoms with E-state index in [1.165, 1.54) is 0 Å². The minimum atomic E-state index is -0.603. The first kappa shape index (κ1) is 15.1. The van der Waals surface area contributed by atoms with Crippen LogP contribution >= 0.6 is 0 Å². The Morgan fingerprint density at radius 3 is 2.42 bits per heavy atom. The van der Waals surface area contributed by atoms with Crippen molar-refractivity contribution in [1.82, 2.24) is 10.3 Å². The van der Waals surface area contributed by atoms with Gasteiger partial charge in [0.2, 0.25) is 11.8 Å². The molecule has 1 aromatic heterocycles. The molecule has 1 rings (SSSR count). The van der Waals surface area contributed by atoms with Crippen molar-refractivity contribution < 1.29 is 9.59 Å². The maximum atomic E-state index is 11.9. The quantitative estimate of drug-likeness (QED) is 0.874. The van der Waals surface area contributed by atoms with Crippen LogP contribution in [0.5, 0.6) is 0 Å². The summed E-state index contributed by atoms with van der Waals surface area (Å²) in [6.45, 7) is 8.90. The van der Waals surface area contributed by atoms with Gasteiger partial charge >= 0.3 is 0 Å². The Morgan fingerprint density at radius 1 is 1.26 bits per heavy atom. The highest BCUT2D eigenvalue weighted by Gasteiger charge is 2.25. The monoisotopic (exact) mass is 263 g/mol. The smallest absolute Gasteiger partial charge is 0.247 e. The van der Waals surface area contributed by atoms with Gasteiger partial charge in [0.15, 0.2) is 0 Å². The molecular weight excluding hydrogens is 242 g/mol. The molecule has 1 atom stereocenters. The molecule has 0 fully saturated rings. The Bertz CT molecular complexity index is 478. The third-order valence-corrected chi connectivity index (χ3v) is 2.56. The van der Waals surface area contributed by atoms with Gasteiger partial charge in [-0.1, -0.05) is 26.8 Å². The van der Waals surface area contributed by atoms with Gasteiger partial charge in [0.25, 0.3) is 0 Å². The third kappa shape index (κ3) is 4.69. The lowest BCUT2D eigenvalue weighted by Gasteiger charge is -2.21. The Hall–Kier alpha value is -1.91. The highest BCUT2D eigenvalue weighted by atomic mass is 16.2. The first-order valence-corrected chi connectivity index (χ1v) is 6.25. The van der Waals surface area contributed by atoms with Crippen molar-refractivity contribution >= 4 is 17.6 Å². The summed E-state index contributed by atoms with van der Waals surface area (Å²) >= 11 is 0. The van der Waals surface area contributed by atoms with E-state index in [4.69, 9.17) is 0 Å². The number of anilines is 1. The summed E-state index contributed by atoms with van der Waals surface area (Å²) in [5.74, 6) is 0.0462. The number of carbonyl (C=O) groups is 2. The SMILES string of the molecule is Cc1cccc(NC(=O)C(C)NC(=O)C(C)(C)C)n1. The van der Waals surface area contributed by atoms with E-state index < -0.39 is 11.5 Å². The lowest BCUT2D eigenvalue weighted by Crippen LogP contribution is -2.46. The zero-order valence-electron chi connectivity index (χ0n) is 12.1. The van der Waals surface area contributed by atoms with Crippen LogP contribution < -0.4 is 10.6 Å². The minimum Gasteiger partial charge on any atom is -0.344 e. The van der Waals surface area contributed by atoms with Crippen LogP contribution in [-0.4, -0.2) is 22.8 Å². The molecule has 0 saturated carbocycles. The fourth-order valence-electron chi connectivity index (χ4n) is 1.33. The molecule has 104 valence electrons. The van der Waals surface area contributed by atoms with Crippen molar-refractivity contribution in [2.45, 2.75) is 40.7 Å². The summed E-state index contributed by atoms with van der Waals surface area (Å²) in [6, 6.07) is 4.77. The number of nitrogens with zero attached hydrogens (tertiary/aromatic N) is 1. The Balaban J connectivity index is 2.61. The Kier molecular flexibility index (Phi) is 4.64. The number of rotatable bonds is 3. The number of aryl methyl sites for hydroxylation is 1. The second kappa shape index (κ2) is 5.82. The van der Waals surface area contributed by atoms with Crippen LogP contribution in [0.1, 0.15) is 33.4 Å². The summed E-state index contributed by atoms with van der Waals surface area (Å²) < 4.78 is 0. The topological polar surface area (TPSA) is 71.1 Å². The maximum Gasteiger partial charge on any atom is 0.247 e. The summed E-state index contributed by atoms with van der Waals surface area (Å²) in [6.07, 6.45) is 0. The van der Waals surface area contributed by atoms with Crippen molar-refractivity contribution in [1.29, 1.82) is 0 Å². The largest absolute Gasteiger partial charge is 0.344 e. The molecule has 0 aliphatic heterocycles. The highest BCUT2D eigenvalue weighted by molar-refractivity contribution is 5.96. The average Bonchev–Trinajstić information content (AvgIpc) is 2.27. The number of hydrogen-bond acceptors (Lipinski definition) is 3. The van der Waals surface area contributed by atoms with E-state index in [0.717, 1.165) is 5.69 Å². The molecule has 2 N–H and O–H groups in total. The molecule has 0 aliphatic rings. The predicted molar refractivity (Wildman–Crippen MR) is 74.7 cm³/mol. The van der Waals surface area contributed by atoms with Gasteiger partial charge in [0.1, 0.15) is 11.9 Å². The number of pyridine rings is 1. The fraction of sp³-hybridized carbons (Fsp3) is 0.500. The number of amides is 2. The number of carbonyl (C=O) groups excluding carboxylic acids is 2. The fourth-order valence-corrected chi connectivity index (χ4v) is 1.33. The molecule has 5 nitrogen and oxygen atoms in total. The zero-order valence-corrected chi connectivity index (χ0v) is 12.1. The van der Waals surface area contributed by atoms with E-state index in [2.05, 4.69) is 15.6 Å². The van der Waals surface area contributed by atoms with Gasteiger partial charge in [-0.05, 0) is 26.0 Å². The number of hydrogen-bond donors (Lipinski definition) is 2. The molecule has 0 aromatic carbocycles. The normalized spacial score (nSPS) is 12.7. The zero-order chi connectivity index (χ0) is 14.6. The van der Waals surface area contributed by atoms with Crippen molar-refractivity contribution in [2.75, 3.05) is 5.32 Å². The molecule has 0 radical (unpaired) electrons. The Labute approximate surface area is 113 Å². The summed E-state index contributed by atoms with van der Waals surface area (Å²) in [7, 11) is 0. The number of nitrogens with one attached hydrogen (secondary N) is 2. The first-order chi connectivity index (χ1) is 8.70. The van der Waals surface area contributed by atoms with Crippen molar-refractivity contribution in [2.24, 2.45) is 5.41 Å². The van der Waals surface area contributed by atoms with E-state index in [1.807, 2.05) is 19.1 Å². The third-order valence-electron chi connectivity index (χ3n) is 2.56. The first-order valence-electron chi connectivity index (χ1n) is 6.25. The van der Waals surface area contributed by atoms with Gasteiger partial charge in [0.05, 0.1) is 0 Å². The van der Waals surface area contributed by atoms with Crippen LogP contribution in [0.2, 0.25) is 0 Å². The minimum absolute atomic E-state index is 0.160. The molecule has 0 saturated heterocycles. The highest BCUT2D eigenvalue weighted by Crippen LogP contribution is 2.13. The van der Waals surface area contributed by atoms with Crippen LogP contribution in [-0.2, 0) is 9.59 Å². The van der Waals surface area contributed by atoms with Gasteiger partial charge in [-0.25, -0.2) is 4.98 Å². The lowest BCUT2D eigenvalue weighted by molar-refractivity contribution is -0.131. The van der Waals surface area contributed by atoms with Gasteiger partial charge in [-0.2, -0.15) is 0 Å². The molecule has 2 amide bonds. The summed E-state index contributed by atoms with van der Waals surface area (Å²) in [5, 5.41) is 5.35. The van der Waals surface area contributed by atoms with Gasteiger partial charge in [0, 0.05) is 11.1 Å². The molecule has 0 aliphatic carbocycles. The standard InChI is InChI=1S/C14H21N3O2/c1-9-7-6-8-11(15-9)17-12(18)10(2)16-13(19)14(3,4)5/h6-8,10H,1-5H3,(H,16,19)(H,15,17,18). The van der Waals surface area contributed by atoms with Crippen molar-refractivity contribution in [3.8, 4) is 0 Å². The molecule has 0 bridgehead atoms. The van der Waals surface area contributed by atoms with Gasteiger partial charge in [-0.3, -0.25) is 9.59 Å². The second-order valence-corrected chi connectivity index (χ2v) is 5.60. The molecule has 1 aromatic rings. The van der Waals surface area contributed by atoms with E-state index >= 15 is 0 Å². The van der Waals surface area contributed by atoms with Gasteiger partial charge in [-0.15, -0.1) is 0 Å². The maximum absolute atomic E-state index is 11.9. The van der Waals surface area contributed by atoms with Crippen LogP contribution in [0.3, 0.4) is 0 Å². The van der Waals surface area contributed by atoms with Crippen LogP contribution in [0.15, 0.2) is 18.2 Å². The number of aromatic nitrogens is 1. The van der Waals surface area contributed by atoms with Crippen molar-refractivity contribution in [3.05, 3.63) is 23.9 Å². The average molecular weight is 263 g/mol. The van der Waals surface area contributed by atoms with E-state index in [9.17, 15) is 9.59 Å². The predicted octanol–water partition coefficient (Wildman–Crippen LogP) is 1.88. The lowest BCUT2D eigenvalue weighted by atomic mass is 9.95. The van der Waals surface area contributed by atoms with Crippen molar-refractivity contribution in [3.63, 3.8) is 0 Å². The summed E-state index contributed by atoms with van der Waals surface area (Å²) in [4.78, 5) is 27.9. The molecule has 19 heavy (non-hydrogen) atoms. The summed E-state index contributed by atoms with van der Waals surface area (Å²) in [5.41, 5.74) is 0.306. The second-order valence-electron chi connectivity index (χ2n) is 5.60. The van der Waals surface area contributed by atoms with E-state index in [0.29, 0.717) is 5.82 Å². The van der Waals surface area contributed by atoms with Crippen LogP contribution in [0, 0.1) is 12.3 Å². The molecule has 1 unspecified atom stereocenters. The van der Waals surface area contributed by atoms with E-state index in [-0.39, 0.29) is 11.8 Å². The van der Waals surface area contributed by atoms with Crippen LogP contribution in [0.25, 0.3) is 0 Å². The molecule has 0 spiro atoms. The molecular formula is C14H21N3O2. The van der Waals surface area contributed by atoms with E-state index in [1.54, 1.807) is 33.8 Å². The van der Waals surface area contributed by atoms with Crippen LogP contribution in [0.4, 0.5) is 5.82 Å².